The third kappa shape index (κ3) is 6.48. The van der Waals surface area contributed by atoms with Gasteiger partial charge in [-0.05, 0) is 12.8 Å². The van der Waals surface area contributed by atoms with Crippen LogP contribution in [0.25, 0.3) is 0 Å². The minimum Gasteiger partial charge on any atom is -0.355 e. The molecule has 3 N–H and O–H groups in total. The monoisotopic (exact) mass is 262 g/mol. The lowest BCUT2D eigenvalue weighted by Gasteiger charge is -2.16. The second kappa shape index (κ2) is 6.80. The first-order valence-electron chi connectivity index (χ1n) is 5.93. The van der Waals surface area contributed by atoms with Crippen LogP contribution in [0.4, 0.5) is 0 Å². The fraction of sp³-hybridized carbons (Fsp3) is 0.900. The molecule has 0 atom stereocenters. The molecule has 1 aliphatic carbocycles. The van der Waals surface area contributed by atoms with Gasteiger partial charge in [0.2, 0.25) is 10.0 Å². The summed E-state index contributed by atoms with van der Waals surface area (Å²) < 4.78 is 24.1. The summed E-state index contributed by atoms with van der Waals surface area (Å²) in [6.07, 6.45) is 6.05. The van der Waals surface area contributed by atoms with Crippen LogP contribution in [0.2, 0.25) is 0 Å². The lowest BCUT2D eigenvalue weighted by molar-refractivity contribution is 0.584. The average Bonchev–Trinajstić information content (AvgIpc) is 2.73. The molecule has 0 heterocycles. The molecule has 0 amide bonds. The van der Waals surface area contributed by atoms with Crippen molar-refractivity contribution in [2.45, 2.75) is 31.7 Å². The van der Waals surface area contributed by atoms with Crippen LogP contribution in [0.15, 0.2) is 4.99 Å². The van der Waals surface area contributed by atoms with Crippen LogP contribution in [-0.2, 0) is 10.0 Å². The van der Waals surface area contributed by atoms with Gasteiger partial charge in [-0.1, -0.05) is 12.8 Å². The maximum atomic E-state index is 10.8. The van der Waals surface area contributed by atoms with Crippen LogP contribution in [0.3, 0.4) is 0 Å². The van der Waals surface area contributed by atoms with E-state index in [2.05, 4.69) is 20.3 Å². The van der Waals surface area contributed by atoms with Gasteiger partial charge in [0.15, 0.2) is 5.96 Å². The summed E-state index contributed by atoms with van der Waals surface area (Å²) in [4.78, 5) is 4.10. The molecule has 6 nitrogen and oxygen atoms in total. The molecule has 0 radical (unpaired) electrons. The Kier molecular flexibility index (Phi) is 5.70. The Morgan fingerprint density at radius 1 is 1.29 bits per heavy atom. The standard InChI is InChI=1S/C10H22N4O2S/c1-11-10(14-9-5-3-4-6-9)12-7-8-13-17(2,15)16/h9,13H,3-8H2,1-2H3,(H2,11,12,14). The van der Waals surface area contributed by atoms with Crippen LogP contribution in [0, 0.1) is 0 Å². The van der Waals surface area contributed by atoms with Crippen molar-refractivity contribution in [2.75, 3.05) is 26.4 Å². The second-order valence-electron chi connectivity index (χ2n) is 4.29. The van der Waals surface area contributed by atoms with E-state index in [0.717, 1.165) is 12.2 Å². The van der Waals surface area contributed by atoms with Crippen molar-refractivity contribution < 1.29 is 8.42 Å². The molecule has 0 spiro atoms. The highest BCUT2D eigenvalue weighted by Gasteiger charge is 2.15. The van der Waals surface area contributed by atoms with Crippen molar-refractivity contribution in [3.63, 3.8) is 0 Å². The third-order valence-corrected chi connectivity index (χ3v) is 3.43. The highest BCUT2D eigenvalue weighted by Crippen LogP contribution is 2.17. The Hall–Kier alpha value is -0.820. The van der Waals surface area contributed by atoms with E-state index in [1.807, 2.05) is 0 Å². The Morgan fingerprint density at radius 2 is 1.94 bits per heavy atom. The van der Waals surface area contributed by atoms with Crippen LogP contribution in [0.5, 0.6) is 0 Å². The molecule has 0 aromatic rings. The molecule has 0 saturated heterocycles. The number of sulfonamides is 1. The number of rotatable bonds is 5. The van der Waals surface area contributed by atoms with Gasteiger partial charge >= 0.3 is 0 Å². The number of nitrogens with zero attached hydrogens (tertiary/aromatic N) is 1. The zero-order valence-corrected chi connectivity index (χ0v) is 11.3. The van der Waals surface area contributed by atoms with E-state index in [9.17, 15) is 8.42 Å². The maximum absolute atomic E-state index is 10.8. The first kappa shape index (κ1) is 14.2. The summed E-state index contributed by atoms with van der Waals surface area (Å²) >= 11 is 0. The second-order valence-corrected chi connectivity index (χ2v) is 6.12. The zero-order chi connectivity index (χ0) is 12.7. The molecule has 0 bridgehead atoms. The minimum absolute atomic E-state index is 0.365. The average molecular weight is 262 g/mol. The lowest BCUT2D eigenvalue weighted by Crippen LogP contribution is -2.44. The Bertz CT molecular complexity index is 347. The SMILES string of the molecule is CN=C(NCCNS(C)(=O)=O)NC1CCCC1. The molecule has 7 heteroatoms. The molecule has 100 valence electrons. The van der Waals surface area contributed by atoms with Gasteiger partial charge in [0, 0.05) is 26.2 Å². The summed E-state index contributed by atoms with van der Waals surface area (Å²) in [7, 11) is -1.38. The van der Waals surface area contributed by atoms with Crippen LogP contribution < -0.4 is 15.4 Å². The third-order valence-electron chi connectivity index (χ3n) is 2.70. The molecule has 1 rings (SSSR count). The molecule has 0 aromatic carbocycles. The predicted octanol–water partition coefficient (Wildman–Crippen LogP) is -0.357. The molecular formula is C10H22N4O2S. The smallest absolute Gasteiger partial charge is 0.208 e. The van der Waals surface area contributed by atoms with Gasteiger partial charge in [0.1, 0.15) is 0 Å². The molecule has 0 unspecified atom stereocenters. The Morgan fingerprint density at radius 3 is 2.47 bits per heavy atom. The highest BCUT2D eigenvalue weighted by molar-refractivity contribution is 7.88. The highest BCUT2D eigenvalue weighted by atomic mass is 32.2. The number of aliphatic imine (C=N–C) groups is 1. The van der Waals surface area contributed by atoms with Crippen LogP contribution >= 0.6 is 0 Å². The van der Waals surface area contributed by atoms with E-state index in [1.165, 1.54) is 25.7 Å². The van der Waals surface area contributed by atoms with E-state index in [0.29, 0.717) is 19.1 Å². The van der Waals surface area contributed by atoms with E-state index in [-0.39, 0.29) is 0 Å². The fourth-order valence-electron chi connectivity index (χ4n) is 1.88. The van der Waals surface area contributed by atoms with Crippen molar-refractivity contribution in [2.24, 2.45) is 4.99 Å². The van der Waals surface area contributed by atoms with Crippen LogP contribution in [-0.4, -0.2) is 46.8 Å². The van der Waals surface area contributed by atoms with Crippen molar-refractivity contribution in [1.82, 2.24) is 15.4 Å². The maximum Gasteiger partial charge on any atom is 0.208 e. The summed E-state index contributed by atoms with van der Waals surface area (Å²) in [6, 6.07) is 0.504. The van der Waals surface area contributed by atoms with Crippen molar-refractivity contribution in [3.8, 4) is 0 Å². The number of hydrogen-bond donors (Lipinski definition) is 3. The summed E-state index contributed by atoms with van der Waals surface area (Å²) in [5.41, 5.74) is 0. The van der Waals surface area contributed by atoms with E-state index >= 15 is 0 Å². The van der Waals surface area contributed by atoms with E-state index in [1.54, 1.807) is 7.05 Å². The first-order valence-corrected chi connectivity index (χ1v) is 7.82. The Balaban J connectivity index is 2.19. The topological polar surface area (TPSA) is 82.6 Å². The normalized spacial score (nSPS) is 18.4. The van der Waals surface area contributed by atoms with Crippen LogP contribution in [0.1, 0.15) is 25.7 Å². The van der Waals surface area contributed by atoms with Gasteiger partial charge in [-0.2, -0.15) is 0 Å². The van der Waals surface area contributed by atoms with Gasteiger partial charge < -0.3 is 10.6 Å². The molecule has 0 aromatic heterocycles. The fourth-order valence-corrected chi connectivity index (χ4v) is 2.35. The van der Waals surface area contributed by atoms with Gasteiger partial charge in [0.05, 0.1) is 6.26 Å². The van der Waals surface area contributed by atoms with Crippen molar-refractivity contribution >= 4 is 16.0 Å². The summed E-state index contributed by atoms with van der Waals surface area (Å²) in [6.45, 7) is 0.893. The Labute approximate surface area is 103 Å². The van der Waals surface area contributed by atoms with Gasteiger partial charge in [-0.15, -0.1) is 0 Å². The molecule has 0 aliphatic heterocycles. The van der Waals surface area contributed by atoms with Gasteiger partial charge in [-0.3, -0.25) is 4.99 Å². The molecular weight excluding hydrogens is 240 g/mol. The van der Waals surface area contributed by atoms with Gasteiger partial charge in [0.25, 0.3) is 0 Å². The molecule has 1 aliphatic rings. The number of guanidine groups is 1. The quantitative estimate of drug-likeness (QED) is 0.359. The largest absolute Gasteiger partial charge is 0.355 e. The van der Waals surface area contributed by atoms with E-state index < -0.39 is 10.0 Å². The van der Waals surface area contributed by atoms with Crippen molar-refractivity contribution in [1.29, 1.82) is 0 Å². The van der Waals surface area contributed by atoms with Crippen molar-refractivity contribution in [3.05, 3.63) is 0 Å². The minimum atomic E-state index is -3.10. The van der Waals surface area contributed by atoms with E-state index in [4.69, 9.17) is 0 Å². The predicted molar refractivity (Wildman–Crippen MR) is 69.6 cm³/mol. The lowest BCUT2D eigenvalue weighted by atomic mass is 10.2. The molecule has 17 heavy (non-hydrogen) atoms. The van der Waals surface area contributed by atoms with Gasteiger partial charge in [-0.25, -0.2) is 13.1 Å². The zero-order valence-electron chi connectivity index (χ0n) is 10.5. The summed E-state index contributed by atoms with van der Waals surface area (Å²) in [5, 5.41) is 6.41. The first-order chi connectivity index (χ1) is 8.01. The number of hydrogen-bond acceptors (Lipinski definition) is 3. The summed E-state index contributed by atoms with van der Waals surface area (Å²) in [5.74, 6) is 0.743. The number of nitrogens with one attached hydrogen (secondary N) is 3. The molecule has 1 saturated carbocycles. The molecule has 1 fully saturated rings.